The maximum absolute atomic E-state index is 13.0. The zero-order valence-corrected chi connectivity index (χ0v) is 8.57. The van der Waals surface area contributed by atoms with Crippen LogP contribution in [0.2, 0.25) is 0 Å². The molecule has 1 aromatic carbocycles. The van der Waals surface area contributed by atoms with Crippen LogP contribution in [0.3, 0.4) is 0 Å². The molecule has 2 nitrogen and oxygen atoms in total. The van der Waals surface area contributed by atoms with E-state index in [1.807, 2.05) is 6.07 Å². The third-order valence-corrected chi connectivity index (χ3v) is 3.63. The van der Waals surface area contributed by atoms with E-state index in [1.165, 1.54) is 6.07 Å². The third kappa shape index (κ3) is 1.66. The first-order chi connectivity index (χ1) is 7.24. The van der Waals surface area contributed by atoms with Crippen molar-refractivity contribution in [2.75, 3.05) is 13.1 Å². The lowest BCUT2D eigenvalue weighted by Gasteiger charge is -2.18. The van der Waals surface area contributed by atoms with Gasteiger partial charge in [0.1, 0.15) is 5.82 Å². The first kappa shape index (κ1) is 9.31. The molecule has 0 aromatic heterocycles. The molecular formula is C12H15FN2. The van der Waals surface area contributed by atoms with Gasteiger partial charge in [0.25, 0.3) is 0 Å². The largest absolute Gasteiger partial charge is 0.327 e. The van der Waals surface area contributed by atoms with Gasteiger partial charge in [0, 0.05) is 25.7 Å². The van der Waals surface area contributed by atoms with Crippen molar-refractivity contribution in [1.29, 1.82) is 0 Å². The van der Waals surface area contributed by atoms with Crippen LogP contribution < -0.4 is 5.73 Å². The fraction of sp³-hybridized carbons (Fsp3) is 0.500. The van der Waals surface area contributed by atoms with E-state index in [-0.39, 0.29) is 5.82 Å². The first-order valence-corrected chi connectivity index (χ1v) is 5.46. The molecule has 2 unspecified atom stereocenters. The van der Waals surface area contributed by atoms with Gasteiger partial charge in [-0.05, 0) is 29.5 Å². The van der Waals surface area contributed by atoms with Crippen molar-refractivity contribution in [3.8, 4) is 0 Å². The second kappa shape index (κ2) is 3.29. The highest BCUT2D eigenvalue weighted by molar-refractivity contribution is 5.17. The van der Waals surface area contributed by atoms with Gasteiger partial charge in [-0.25, -0.2) is 4.39 Å². The monoisotopic (exact) mass is 206 g/mol. The average Bonchev–Trinajstić information content (AvgIpc) is 2.63. The Morgan fingerprint density at radius 1 is 1.33 bits per heavy atom. The topological polar surface area (TPSA) is 29.3 Å². The van der Waals surface area contributed by atoms with Crippen molar-refractivity contribution in [2.45, 2.75) is 12.6 Å². The minimum absolute atomic E-state index is 0.145. The summed E-state index contributed by atoms with van der Waals surface area (Å²) in [5, 5.41) is 0. The Balaban J connectivity index is 1.63. The van der Waals surface area contributed by atoms with Crippen LogP contribution in [0.5, 0.6) is 0 Å². The van der Waals surface area contributed by atoms with Crippen LogP contribution in [0.15, 0.2) is 24.3 Å². The first-order valence-electron chi connectivity index (χ1n) is 5.46. The molecule has 0 spiro atoms. The molecular weight excluding hydrogens is 191 g/mol. The van der Waals surface area contributed by atoms with Gasteiger partial charge in [-0.15, -0.1) is 0 Å². The summed E-state index contributed by atoms with van der Waals surface area (Å²) >= 11 is 0. The van der Waals surface area contributed by atoms with Crippen molar-refractivity contribution in [3.05, 3.63) is 35.6 Å². The zero-order chi connectivity index (χ0) is 10.4. The normalized spacial score (nSPS) is 34.1. The van der Waals surface area contributed by atoms with Crippen LogP contribution in [-0.4, -0.2) is 24.0 Å². The van der Waals surface area contributed by atoms with Crippen molar-refractivity contribution in [2.24, 2.45) is 17.6 Å². The summed E-state index contributed by atoms with van der Waals surface area (Å²) < 4.78 is 13.0. The molecule has 15 heavy (non-hydrogen) atoms. The summed E-state index contributed by atoms with van der Waals surface area (Å²) in [6, 6.07) is 7.29. The summed E-state index contributed by atoms with van der Waals surface area (Å²) in [6.07, 6.45) is 0. The summed E-state index contributed by atoms with van der Waals surface area (Å²) in [7, 11) is 0. The number of halogens is 1. The van der Waals surface area contributed by atoms with E-state index in [2.05, 4.69) is 4.90 Å². The second-order valence-corrected chi connectivity index (χ2v) is 4.73. The molecule has 2 N–H and O–H groups in total. The van der Waals surface area contributed by atoms with E-state index in [0.29, 0.717) is 17.9 Å². The van der Waals surface area contributed by atoms with Crippen molar-refractivity contribution in [1.82, 2.24) is 4.90 Å². The molecule has 1 aliphatic carbocycles. The zero-order valence-electron chi connectivity index (χ0n) is 8.57. The van der Waals surface area contributed by atoms with E-state index in [9.17, 15) is 4.39 Å². The lowest BCUT2D eigenvalue weighted by atomic mass is 10.2. The summed E-state index contributed by atoms with van der Waals surface area (Å²) in [5.41, 5.74) is 6.92. The number of fused-ring (bicyclic) bond motifs is 1. The number of benzene rings is 1. The minimum atomic E-state index is -0.145. The van der Waals surface area contributed by atoms with Gasteiger partial charge < -0.3 is 5.73 Å². The predicted octanol–water partition coefficient (Wildman–Crippen LogP) is 1.21. The van der Waals surface area contributed by atoms with Gasteiger partial charge in [0.05, 0.1) is 0 Å². The quantitative estimate of drug-likeness (QED) is 0.788. The van der Waals surface area contributed by atoms with Gasteiger partial charge in [0.15, 0.2) is 0 Å². The van der Waals surface area contributed by atoms with Gasteiger partial charge in [-0.1, -0.05) is 12.1 Å². The van der Waals surface area contributed by atoms with Crippen molar-refractivity contribution >= 4 is 0 Å². The molecule has 1 saturated carbocycles. The van der Waals surface area contributed by atoms with Gasteiger partial charge >= 0.3 is 0 Å². The number of nitrogens with zero attached hydrogens (tertiary/aromatic N) is 1. The highest BCUT2D eigenvalue weighted by atomic mass is 19.1. The van der Waals surface area contributed by atoms with Gasteiger partial charge in [0.2, 0.25) is 0 Å². The third-order valence-electron chi connectivity index (χ3n) is 3.63. The highest BCUT2D eigenvalue weighted by Crippen LogP contribution is 2.44. The molecule has 0 bridgehead atoms. The van der Waals surface area contributed by atoms with Gasteiger partial charge in [-0.2, -0.15) is 0 Å². The molecule has 1 saturated heterocycles. The van der Waals surface area contributed by atoms with Gasteiger partial charge in [-0.3, -0.25) is 4.90 Å². The molecule has 1 aliphatic heterocycles. The molecule has 3 rings (SSSR count). The Kier molecular flexibility index (Phi) is 2.04. The van der Waals surface area contributed by atoms with E-state index in [1.54, 1.807) is 12.1 Å². The van der Waals surface area contributed by atoms with Crippen LogP contribution in [0.25, 0.3) is 0 Å². The smallest absolute Gasteiger partial charge is 0.123 e. The fourth-order valence-electron chi connectivity index (χ4n) is 2.68. The Hall–Kier alpha value is -0.930. The van der Waals surface area contributed by atoms with Crippen molar-refractivity contribution in [3.63, 3.8) is 0 Å². The lowest BCUT2D eigenvalue weighted by molar-refractivity contribution is 0.290. The van der Waals surface area contributed by atoms with Crippen LogP contribution in [0.1, 0.15) is 5.56 Å². The van der Waals surface area contributed by atoms with E-state index in [4.69, 9.17) is 5.73 Å². The molecule has 2 fully saturated rings. The number of nitrogens with two attached hydrogens (primary N) is 1. The molecule has 3 heteroatoms. The second-order valence-electron chi connectivity index (χ2n) is 4.73. The van der Waals surface area contributed by atoms with Crippen LogP contribution in [-0.2, 0) is 6.54 Å². The van der Waals surface area contributed by atoms with E-state index < -0.39 is 0 Å². The Bertz CT molecular complexity index is 368. The summed E-state index contributed by atoms with van der Waals surface area (Å²) in [6.45, 7) is 3.03. The SMILES string of the molecule is NC1C2CN(Cc3cccc(F)c3)CC12. The molecule has 0 amide bonds. The Labute approximate surface area is 88.9 Å². The number of hydrogen-bond donors (Lipinski definition) is 1. The number of piperidine rings is 1. The number of likely N-dealkylation sites (tertiary alicyclic amines) is 1. The summed E-state index contributed by atoms with van der Waals surface area (Å²) in [4.78, 5) is 2.37. The van der Waals surface area contributed by atoms with Crippen LogP contribution >= 0.6 is 0 Å². The Morgan fingerprint density at radius 2 is 2.07 bits per heavy atom. The predicted molar refractivity (Wildman–Crippen MR) is 56.6 cm³/mol. The molecule has 0 radical (unpaired) electrons. The number of hydrogen-bond acceptors (Lipinski definition) is 2. The fourth-order valence-corrected chi connectivity index (χ4v) is 2.68. The minimum Gasteiger partial charge on any atom is -0.327 e. The van der Waals surface area contributed by atoms with E-state index >= 15 is 0 Å². The summed E-state index contributed by atoms with van der Waals surface area (Å²) in [5.74, 6) is 1.27. The van der Waals surface area contributed by atoms with Crippen LogP contribution in [0, 0.1) is 17.7 Å². The van der Waals surface area contributed by atoms with Crippen molar-refractivity contribution < 1.29 is 4.39 Å². The molecule has 2 aliphatic rings. The highest BCUT2D eigenvalue weighted by Gasteiger charge is 2.53. The molecule has 80 valence electrons. The Morgan fingerprint density at radius 3 is 2.73 bits per heavy atom. The molecule has 1 aromatic rings. The lowest BCUT2D eigenvalue weighted by Crippen LogP contribution is -2.27. The number of rotatable bonds is 2. The maximum atomic E-state index is 13.0. The maximum Gasteiger partial charge on any atom is 0.123 e. The average molecular weight is 206 g/mol. The standard InChI is InChI=1S/C12H15FN2/c13-9-3-1-2-8(4-9)5-15-6-10-11(7-15)12(10)14/h1-4,10-12H,5-7,14H2. The van der Waals surface area contributed by atoms with Crippen LogP contribution in [0.4, 0.5) is 4.39 Å². The van der Waals surface area contributed by atoms with E-state index in [0.717, 1.165) is 25.2 Å². The molecule has 1 heterocycles. The molecule has 2 atom stereocenters.